The first-order valence-corrected chi connectivity index (χ1v) is 9.87. The maximum atomic E-state index is 12.5. The van der Waals surface area contributed by atoms with E-state index < -0.39 is 40.5 Å². The Bertz CT molecular complexity index is 657. The quantitative estimate of drug-likeness (QED) is 0.534. The molecule has 0 aromatic carbocycles. The highest BCUT2D eigenvalue weighted by molar-refractivity contribution is 7.82. The van der Waals surface area contributed by atoms with Crippen molar-refractivity contribution in [1.29, 1.82) is 0 Å². The van der Waals surface area contributed by atoms with Crippen LogP contribution in [0.4, 0.5) is 0 Å². The van der Waals surface area contributed by atoms with Crippen LogP contribution in [-0.2, 0) is 33.1 Å². The molecule has 1 aliphatic heterocycles. The van der Waals surface area contributed by atoms with Crippen molar-refractivity contribution >= 4 is 28.2 Å². The minimum Gasteiger partial charge on any atom is -0.479 e. The third-order valence-electron chi connectivity index (χ3n) is 4.26. The van der Waals surface area contributed by atoms with Crippen molar-refractivity contribution in [2.45, 2.75) is 70.2 Å². The van der Waals surface area contributed by atoms with E-state index in [4.69, 9.17) is 5.11 Å². The van der Waals surface area contributed by atoms with Crippen LogP contribution in [0, 0.1) is 5.92 Å². The molecule has 148 valence electrons. The number of carbonyl (C=O) groups is 3. The Labute approximate surface area is 151 Å². The standard InChI is InChI=1S/C15H24N2O8S/c1-8(2)7-10(13(18)16-9-5-3-4-6-9)17-14(19)11-12(15(20)21)25-26(22,23)24-11/h8-12H,3-7H2,1-2H3,(H,16,18)(H,17,19)(H,20,21)/t10-,11-,12-/m0/s1. The molecule has 11 heteroatoms. The fourth-order valence-corrected chi connectivity index (χ4v) is 3.98. The molecule has 2 fully saturated rings. The van der Waals surface area contributed by atoms with Gasteiger partial charge in [0, 0.05) is 6.04 Å². The zero-order chi connectivity index (χ0) is 19.5. The van der Waals surface area contributed by atoms with Crippen LogP contribution >= 0.6 is 0 Å². The predicted octanol–water partition coefficient (Wildman–Crippen LogP) is -0.310. The number of hydrogen-bond acceptors (Lipinski definition) is 7. The molecule has 3 N–H and O–H groups in total. The van der Waals surface area contributed by atoms with Crippen molar-refractivity contribution in [1.82, 2.24) is 10.6 Å². The van der Waals surface area contributed by atoms with Crippen LogP contribution in [0.5, 0.6) is 0 Å². The van der Waals surface area contributed by atoms with Gasteiger partial charge in [-0.1, -0.05) is 26.7 Å². The number of carboxylic acid groups (broad SMARTS) is 1. The fourth-order valence-electron chi connectivity index (χ4n) is 3.06. The molecule has 2 amide bonds. The van der Waals surface area contributed by atoms with Crippen molar-refractivity contribution in [3.63, 3.8) is 0 Å². The Morgan fingerprint density at radius 3 is 2.23 bits per heavy atom. The van der Waals surface area contributed by atoms with E-state index in [0.717, 1.165) is 25.7 Å². The molecule has 1 aliphatic carbocycles. The summed E-state index contributed by atoms with van der Waals surface area (Å²) in [6.45, 7) is 3.73. The van der Waals surface area contributed by atoms with Gasteiger partial charge in [0.2, 0.25) is 12.0 Å². The van der Waals surface area contributed by atoms with Gasteiger partial charge in [0.1, 0.15) is 6.04 Å². The summed E-state index contributed by atoms with van der Waals surface area (Å²) < 4.78 is 31.3. The first-order chi connectivity index (χ1) is 12.1. The highest BCUT2D eigenvalue weighted by Crippen LogP contribution is 2.22. The summed E-state index contributed by atoms with van der Waals surface area (Å²) in [4.78, 5) is 36.0. The third-order valence-corrected chi connectivity index (χ3v) is 5.15. The van der Waals surface area contributed by atoms with Crippen molar-refractivity contribution in [2.75, 3.05) is 0 Å². The molecule has 2 rings (SSSR count). The SMILES string of the molecule is CC(C)C[C@H](NC(=O)[C@H]1OS(=O)(=O)O[C@@H]1C(=O)O)C(=O)NC1CCCC1. The lowest BCUT2D eigenvalue weighted by Crippen LogP contribution is -2.54. The summed E-state index contributed by atoms with van der Waals surface area (Å²) in [7, 11) is -4.57. The molecule has 0 aromatic rings. The second kappa shape index (κ2) is 8.31. The maximum absolute atomic E-state index is 12.5. The zero-order valence-corrected chi connectivity index (χ0v) is 15.5. The van der Waals surface area contributed by atoms with E-state index in [-0.39, 0.29) is 17.9 Å². The van der Waals surface area contributed by atoms with Crippen molar-refractivity contribution in [2.24, 2.45) is 5.92 Å². The Morgan fingerprint density at radius 2 is 1.69 bits per heavy atom. The second-order valence-electron chi connectivity index (χ2n) is 6.96. The van der Waals surface area contributed by atoms with E-state index in [1.165, 1.54) is 0 Å². The van der Waals surface area contributed by atoms with E-state index >= 15 is 0 Å². The van der Waals surface area contributed by atoms with Crippen LogP contribution in [0.15, 0.2) is 0 Å². The Morgan fingerprint density at radius 1 is 1.12 bits per heavy atom. The number of amides is 2. The molecule has 1 saturated carbocycles. The van der Waals surface area contributed by atoms with E-state index in [2.05, 4.69) is 19.0 Å². The summed E-state index contributed by atoms with van der Waals surface area (Å²) >= 11 is 0. The van der Waals surface area contributed by atoms with E-state index in [0.29, 0.717) is 6.42 Å². The molecule has 10 nitrogen and oxygen atoms in total. The fraction of sp³-hybridized carbons (Fsp3) is 0.800. The van der Waals surface area contributed by atoms with Gasteiger partial charge in [0.05, 0.1) is 0 Å². The minimum absolute atomic E-state index is 0.0484. The van der Waals surface area contributed by atoms with Crippen molar-refractivity contribution < 1.29 is 36.3 Å². The van der Waals surface area contributed by atoms with Gasteiger partial charge < -0.3 is 15.7 Å². The Balaban J connectivity index is 2.07. The monoisotopic (exact) mass is 392 g/mol. The summed E-state index contributed by atoms with van der Waals surface area (Å²) in [5.41, 5.74) is 0. The Kier molecular flexibility index (Phi) is 6.58. The average molecular weight is 392 g/mol. The smallest absolute Gasteiger partial charge is 0.401 e. The lowest BCUT2D eigenvalue weighted by molar-refractivity contribution is -0.150. The lowest BCUT2D eigenvalue weighted by atomic mass is 10.0. The molecule has 0 unspecified atom stereocenters. The van der Waals surface area contributed by atoms with Gasteiger partial charge in [-0.15, -0.1) is 0 Å². The second-order valence-corrected chi connectivity index (χ2v) is 8.16. The highest BCUT2D eigenvalue weighted by Gasteiger charge is 2.49. The van der Waals surface area contributed by atoms with Gasteiger partial charge in [0.25, 0.3) is 5.91 Å². The maximum Gasteiger partial charge on any atom is 0.401 e. The number of carbonyl (C=O) groups excluding carboxylic acids is 2. The van der Waals surface area contributed by atoms with Crippen LogP contribution in [0.3, 0.4) is 0 Å². The molecule has 0 aromatic heterocycles. The van der Waals surface area contributed by atoms with E-state index in [1.54, 1.807) is 0 Å². The molecule has 1 heterocycles. The van der Waals surface area contributed by atoms with Crippen molar-refractivity contribution in [3.8, 4) is 0 Å². The van der Waals surface area contributed by atoms with Gasteiger partial charge in [-0.3, -0.25) is 9.59 Å². The predicted molar refractivity (Wildman–Crippen MR) is 88.1 cm³/mol. The first-order valence-electron chi connectivity index (χ1n) is 8.54. The van der Waals surface area contributed by atoms with E-state index in [9.17, 15) is 22.8 Å². The normalized spacial score (nSPS) is 26.6. The number of rotatable bonds is 7. The van der Waals surface area contributed by atoms with Crippen molar-refractivity contribution in [3.05, 3.63) is 0 Å². The van der Waals surface area contributed by atoms with Crippen LogP contribution in [0.25, 0.3) is 0 Å². The van der Waals surface area contributed by atoms with E-state index in [1.807, 2.05) is 13.8 Å². The minimum atomic E-state index is -4.57. The molecule has 26 heavy (non-hydrogen) atoms. The number of nitrogens with one attached hydrogen (secondary N) is 2. The molecular formula is C15H24N2O8S. The number of carboxylic acids is 1. The van der Waals surface area contributed by atoms with Gasteiger partial charge in [-0.05, 0) is 25.2 Å². The highest BCUT2D eigenvalue weighted by atomic mass is 32.3. The largest absolute Gasteiger partial charge is 0.479 e. The summed E-state index contributed by atoms with van der Waals surface area (Å²) in [5.74, 6) is -2.99. The lowest BCUT2D eigenvalue weighted by Gasteiger charge is -2.23. The topological polar surface area (TPSA) is 148 Å². The number of aliphatic carboxylic acids is 1. The molecule has 0 spiro atoms. The third kappa shape index (κ3) is 5.39. The molecule has 0 bridgehead atoms. The van der Waals surface area contributed by atoms with Gasteiger partial charge in [0.15, 0.2) is 6.10 Å². The van der Waals surface area contributed by atoms with Crippen LogP contribution in [0.1, 0.15) is 46.0 Å². The van der Waals surface area contributed by atoms with Gasteiger partial charge in [-0.25, -0.2) is 13.2 Å². The zero-order valence-electron chi connectivity index (χ0n) is 14.6. The summed E-state index contributed by atoms with van der Waals surface area (Å²) in [6.07, 6.45) is 0.223. The average Bonchev–Trinajstić information content (AvgIpc) is 3.13. The van der Waals surface area contributed by atoms with Crippen LogP contribution in [0.2, 0.25) is 0 Å². The summed E-state index contributed by atoms with van der Waals surface area (Å²) in [5, 5.41) is 14.3. The number of hydrogen-bond donors (Lipinski definition) is 3. The Hall–Kier alpha value is -1.72. The van der Waals surface area contributed by atoms with Gasteiger partial charge in [-0.2, -0.15) is 8.42 Å². The van der Waals surface area contributed by atoms with Gasteiger partial charge >= 0.3 is 16.4 Å². The van der Waals surface area contributed by atoms with Crippen LogP contribution < -0.4 is 10.6 Å². The summed E-state index contributed by atoms with van der Waals surface area (Å²) in [6, 6.07) is -0.878. The molecule has 2 aliphatic rings. The molecular weight excluding hydrogens is 368 g/mol. The molecule has 0 radical (unpaired) electrons. The molecule has 3 atom stereocenters. The van der Waals surface area contributed by atoms with Crippen LogP contribution in [-0.4, -0.2) is 55.6 Å². The first kappa shape index (κ1) is 20.6. The molecule has 1 saturated heterocycles.